The standard InChI is InChI=1S/C17H18O6S/c1-3-21-14-7-9-15(10-8-14)23-24(19,20)16-11-5-13(6-12-16)17(18)22-4-2/h5-12H,3-4H2,1-2H3. The maximum Gasteiger partial charge on any atom is 0.339 e. The second-order valence-corrected chi connectivity index (χ2v) is 6.23. The van der Waals surface area contributed by atoms with Crippen LogP contribution in [0.2, 0.25) is 0 Å². The van der Waals surface area contributed by atoms with E-state index in [0.717, 1.165) is 0 Å². The zero-order valence-corrected chi connectivity index (χ0v) is 14.2. The third-order valence-corrected chi connectivity index (χ3v) is 4.26. The molecule has 2 aromatic rings. The van der Waals surface area contributed by atoms with Gasteiger partial charge in [-0.05, 0) is 62.4 Å². The highest BCUT2D eigenvalue weighted by atomic mass is 32.2. The number of esters is 1. The van der Waals surface area contributed by atoms with Gasteiger partial charge in [-0.2, -0.15) is 8.42 Å². The van der Waals surface area contributed by atoms with Crippen molar-refractivity contribution in [3.05, 3.63) is 54.1 Å². The Balaban J connectivity index is 2.13. The minimum Gasteiger partial charge on any atom is -0.494 e. The van der Waals surface area contributed by atoms with E-state index in [4.69, 9.17) is 13.7 Å². The van der Waals surface area contributed by atoms with E-state index in [-0.39, 0.29) is 22.8 Å². The topological polar surface area (TPSA) is 78.9 Å². The predicted octanol–water partition coefficient (Wildman–Crippen LogP) is 3.03. The quantitative estimate of drug-likeness (QED) is 0.564. The zero-order chi connectivity index (χ0) is 17.6. The first kappa shape index (κ1) is 17.8. The van der Waals surface area contributed by atoms with Crippen LogP contribution < -0.4 is 8.92 Å². The van der Waals surface area contributed by atoms with Gasteiger partial charge in [0, 0.05) is 0 Å². The highest BCUT2D eigenvalue weighted by Crippen LogP contribution is 2.22. The second kappa shape index (κ2) is 7.83. The van der Waals surface area contributed by atoms with Crippen molar-refractivity contribution in [3.8, 4) is 11.5 Å². The summed E-state index contributed by atoms with van der Waals surface area (Å²) in [5, 5.41) is 0. The van der Waals surface area contributed by atoms with Gasteiger partial charge in [0.05, 0.1) is 18.8 Å². The van der Waals surface area contributed by atoms with Crippen molar-refractivity contribution in [1.82, 2.24) is 0 Å². The summed E-state index contributed by atoms with van der Waals surface area (Å²) in [6.07, 6.45) is 0. The molecule has 0 atom stereocenters. The molecular formula is C17H18O6S. The third-order valence-electron chi connectivity index (χ3n) is 2.99. The van der Waals surface area contributed by atoms with Gasteiger partial charge in [-0.15, -0.1) is 0 Å². The Hall–Kier alpha value is -2.54. The van der Waals surface area contributed by atoms with E-state index < -0.39 is 16.1 Å². The third kappa shape index (κ3) is 4.48. The average Bonchev–Trinajstić information content (AvgIpc) is 2.57. The van der Waals surface area contributed by atoms with Gasteiger partial charge in [0.15, 0.2) is 0 Å². The molecule has 0 radical (unpaired) electrons. The monoisotopic (exact) mass is 350 g/mol. The first-order valence-electron chi connectivity index (χ1n) is 7.40. The van der Waals surface area contributed by atoms with Gasteiger partial charge in [-0.3, -0.25) is 0 Å². The maximum absolute atomic E-state index is 12.2. The van der Waals surface area contributed by atoms with Crippen LogP contribution in [-0.2, 0) is 14.9 Å². The number of benzene rings is 2. The lowest BCUT2D eigenvalue weighted by Crippen LogP contribution is -2.10. The molecule has 7 heteroatoms. The van der Waals surface area contributed by atoms with Crippen LogP contribution in [-0.4, -0.2) is 27.6 Å². The van der Waals surface area contributed by atoms with Crippen LogP contribution in [0.4, 0.5) is 0 Å². The van der Waals surface area contributed by atoms with E-state index in [9.17, 15) is 13.2 Å². The van der Waals surface area contributed by atoms with Crippen molar-refractivity contribution in [2.75, 3.05) is 13.2 Å². The molecule has 6 nitrogen and oxygen atoms in total. The van der Waals surface area contributed by atoms with Crippen LogP contribution >= 0.6 is 0 Å². The molecule has 0 aromatic heterocycles. The zero-order valence-electron chi connectivity index (χ0n) is 13.4. The number of carbonyl (C=O) groups excluding carboxylic acids is 1. The van der Waals surface area contributed by atoms with E-state index in [0.29, 0.717) is 12.4 Å². The van der Waals surface area contributed by atoms with Crippen molar-refractivity contribution in [2.45, 2.75) is 18.7 Å². The number of ether oxygens (including phenoxy) is 2. The SMILES string of the molecule is CCOC(=O)c1ccc(S(=O)(=O)Oc2ccc(OCC)cc2)cc1. The smallest absolute Gasteiger partial charge is 0.339 e. The van der Waals surface area contributed by atoms with Crippen molar-refractivity contribution in [1.29, 1.82) is 0 Å². The summed E-state index contributed by atoms with van der Waals surface area (Å²) in [7, 11) is -3.99. The molecule has 0 spiro atoms. The Morgan fingerprint density at radius 2 is 1.46 bits per heavy atom. The molecule has 24 heavy (non-hydrogen) atoms. The number of rotatable bonds is 7. The summed E-state index contributed by atoms with van der Waals surface area (Å²) < 4.78 is 39.7. The molecule has 0 aliphatic carbocycles. The summed E-state index contributed by atoms with van der Waals surface area (Å²) in [6.45, 7) is 4.32. The highest BCUT2D eigenvalue weighted by molar-refractivity contribution is 7.87. The summed E-state index contributed by atoms with van der Waals surface area (Å²) in [5.41, 5.74) is 0.275. The van der Waals surface area contributed by atoms with Gasteiger partial charge in [0.25, 0.3) is 0 Å². The van der Waals surface area contributed by atoms with Gasteiger partial charge in [-0.1, -0.05) is 0 Å². The normalized spacial score (nSPS) is 10.9. The van der Waals surface area contributed by atoms with E-state index in [1.54, 1.807) is 19.1 Å². The molecule has 0 N–H and O–H groups in total. The molecule has 128 valence electrons. The maximum atomic E-state index is 12.2. The first-order valence-corrected chi connectivity index (χ1v) is 8.81. The Kier molecular flexibility index (Phi) is 5.81. The number of hydrogen-bond acceptors (Lipinski definition) is 6. The largest absolute Gasteiger partial charge is 0.494 e. The molecule has 0 saturated carbocycles. The van der Waals surface area contributed by atoms with Gasteiger partial charge >= 0.3 is 16.1 Å². The minimum atomic E-state index is -3.99. The summed E-state index contributed by atoms with van der Waals surface area (Å²) >= 11 is 0. The predicted molar refractivity (Wildman–Crippen MR) is 87.8 cm³/mol. The van der Waals surface area contributed by atoms with Crippen molar-refractivity contribution in [2.24, 2.45) is 0 Å². The van der Waals surface area contributed by atoms with Gasteiger partial charge < -0.3 is 13.7 Å². The van der Waals surface area contributed by atoms with E-state index in [1.165, 1.54) is 36.4 Å². The molecule has 0 heterocycles. The molecule has 0 unspecified atom stereocenters. The summed E-state index contributed by atoms with van der Waals surface area (Å²) in [5.74, 6) is 0.294. The van der Waals surface area contributed by atoms with Crippen LogP contribution in [0.1, 0.15) is 24.2 Å². The van der Waals surface area contributed by atoms with Gasteiger partial charge in [-0.25, -0.2) is 4.79 Å². The van der Waals surface area contributed by atoms with Gasteiger partial charge in [0.2, 0.25) is 0 Å². The molecule has 0 aliphatic rings. The fourth-order valence-corrected chi connectivity index (χ4v) is 2.84. The lowest BCUT2D eigenvalue weighted by atomic mass is 10.2. The molecule has 0 bridgehead atoms. The number of hydrogen-bond donors (Lipinski definition) is 0. The van der Waals surface area contributed by atoms with Crippen LogP contribution in [0.25, 0.3) is 0 Å². The van der Waals surface area contributed by atoms with E-state index in [1.807, 2.05) is 6.92 Å². The van der Waals surface area contributed by atoms with Crippen LogP contribution in [0.3, 0.4) is 0 Å². The lowest BCUT2D eigenvalue weighted by Gasteiger charge is -2.09. The number of carbonyl (C=O) groups is 1. The Bertz CT molecular complexity index is 779. The van der Waals surface area contributed by atoms with Crippen LogP contribution in [0, 0.1) is 0 Å². The average molecular weight is 350 g/mol. The van der Waals surface area contributed by atoms with Crippen molar-refractivity contribution >= 4 is 16.1 Å². The molecular weight excluding hydrogens is 332 g/mol. The molecule has 2 rings (SSSR count). The summed E-state index contributed by atoms with van der Waals surface area (Å²) in [6, 6.07) is 11.6. The molecule has 0 amide bonds. The molecule has 2 aromatic carbocycles. The van der Waals surface area contributed by atoms with Crippen LogP contribution in [0.5, 0.6) is 11.5 Å². The van der Waals surface area contributed by atoms with Gasteiger partial charge in [0.1, 0.15) is 16.4 Å². The highest BCUT2D eigenvalue weighted by Gasteiger charge is 2.17. The Morgan fingerprint density at radius 1 is 0.875 bits per heavy atom. The first-order chi connectivity index (χ1) is 11.5. The lowest BCUT2D eigenvalue weighted by molar-refractivity contribution is 0.0526. The van der Waals surface area contributed by atoms with E-state index in [2.05, 4.69) is 0 Å². The fourth-order valence-electron chi connectivity index (χ4n) is 1.90. The Labute approximate surface area is 141 Å². The molecule has 0 fully saturated rings. The molecule has 0 saturated heterocycles. The summed E-state index contributed by atoms with van der Waals surface area (Å²) in [4.78, 5) is 11.5. The van der Waals surface area contributed by atoms with Crippen LogP contribution in [0.15, 0.2) is 53.4 Å². The molecule has 0 aliphatic heterocycles. The van der Waals surface area contributed by atoms with E-state index >= 15 is 0 Å². The van der Waals surface area contributed by atoms with Crippen molar-refractivity contribution < 1.29 is 26.9 Å². The second-order valence-electron chi connectivity index (χ2n) is 4.69. The minimum absolute atomic E-state index is 0.0515. The van der Waals surface area contributed by atoms with Crippen molar-refractivity contribution in [3.63, 3.8) is 0 Å². The Morgan fingerprint density at radius 3 is 2.00 bits per heavy atom. The fraction of sp³-hybridized carbons (Fsp3) is 0.235.